The van der Waals surface area contributed by atoms with Crippen LogP contribution in [0, 0.1) is 28.5 Å². The number of carbonyl (C=O) groups excluding carboxylic acids is 1. The van der Waals surface area contributed by atoms with E-state index < -0.39 is 5.82 Å². The van der Waals surface area contributed by atoms with Crippen molar-refractivity contribution in [1.82, 2.24) is 0 Å². The number of hydrogen-bond acceptors (Lipinski definition) is 4. The molecular formula is C22H12ClFN2O2. The molecule has 0 atom stereocenters. The molecule has 4 nitrogen and oxygen atoms in total. The van der Waals surface area contributed by atoms with E-state index in [4.69, 9.17) is 26.9 Å². The molecule has 0 aliphatic carbocycles. The maximum atomic E-state index is 13.5. The average molecular weight is 391 g/mol. The molecule has 0 unspecified atom stereocenters. The van der Waals surface area contributed by atoms with E-state index in [-0.39, 0.29) is 17.4 Å². The maximum Gasteiger partial charge on any atom is 0.200 e. The first-order chi connectivity index (χ1) is 13.5. The molecule has 0 aliphatic heterocycles. The van der Waals surface area contributed by atoms with Gasteiger partial charge in [0.15, 0.2) is 12.4 Å². The van der Waals surface area contributed by atoms with Crippen LogP contribution in [0.4, 0.5) is 4.39 Å². The maximum absolute atomic E-state index is 13.5. The Kier molecular flexibility index (Phi) is 5.69. The third kappa shape index (κ3) is 4.17. The van der Waals surface area contributed by atoms with Crippen LogP contribution in [0.15, 0.2) is 60.7 Å². The minimum absolute atomic E-state index is 0.0560. The topological polar surface area (TPSA) is 73.9 Å². The minimum Gasteiger partial charge on any atom is -0.485 e. The molecule has 0 saturated carbocycles. The number of Topliss-reactive ketones (excluding diaryl/α,β-unsaturated/α-hetero) is 1. The first-order valence-corrected chi connectivity index (χ1v) is 8.55. The van der Waals surface area contributed by atoms with Gasteiger partial charge in [-0.15, -0.1) is 0 Å². The molecule has 3 aromatic carbocycles. The van der Waals surface area contributed by atoms with Gasteiger partial charge in [-0.05, 0) is 60.2 Å². The second-order valence-electron chi connectivity index (χ2n) is 5.85. The van der Waals surface area contributed by atoms with Crippen LogP contribution in [-0.4, -0.2) is 12.4 Å². The van der Waals surface area contributed by atoms with Crippen molar-refractivity contribution in [3.05, 3.63) is 88.2 Å². The van der Waals surface area contributed by atoms with E-state index >= 15 is 0 Å². The highest BCUT2D eigenvalue weighted by atomic mass is 35.5. The van der Waals surface area contributed by atoms with E-state index in [1.807, 2.05) is 12.1 Å². The van der Waals surface area contributed by atoms with Gasteiger partial charge in [-0.3, -0.25) is 4.79 Å². The lowest BCUT2D eigenvalue weighted by Crippen LogP contribution is -2.12. The Morgan fingerprint density at radius 2 is 1.64 bits per heavy atom. The highest BCUT2D eigenvalue weighted by molar-refractivity contribution is 6.31. The molecule has 136 valence electrons. The van der Waals surface area contributed by atoms with Crippen LogP contribution in [-0.2, 0) is 0 Å². The fourth-order valence-electron chi connectivity index (χ4n) is 2.57. The van der Waals surface area contributed by atoms with Crippen molar-refractivity contribution in [2.24, 2.45) is 0 Å². The Balaban J connectivity index is 1.87. The Bertz CT molecular complexity index is 1130. The van der Waals surface area contributed by atoms with Gasteiger partial charge in [-0.25, -0.2) is 4.39 Å². The van der Waals surface area contributed by atoms with Crippen molar-refractivity contribution in [2.45, 2.75) is 0 Å². The Morgan fingerprint density at radius 3 is 2.29 bits per heavy atom. The summed E-state index contributed by atoms with van der Waals surface area (Å²) in [6.45, 7) is -0.236. The monoisotopic (exact) mass is 390 g/mol. The SMILES string of the molecule is N#Cc1ccc(C(=O)COc2ccc(C#N)cc2-c2ccc(F)c(Cl)c2)cc1. The predicted octanol–water partition coefficient (Wildman–Crippen LogP) is 5.15. The summed E-state index contributed by atoms with van der Waals surface area (Å²) in [5, 5.41) is 17.9. The summed E-state index contributed by atoms with van der Waals surface area (Å²) >= 11 is 5.86. The number of carbonyl (C=O) groups is 1. The van der Waals surface area contributed by atoms with E-state index in [1.165, 1.54) is 18.2 Å². The fraction of sp³-hybridized carbons (Fsp3) is 0.0455. The highest BCUT2D eigenvalue weighted by Gasteiger charge is 2.13. The van der Waals surface area contributed by atoms with E-state index in [9.17, 15) is 9.18 Å². The van der Waals surface area contributed by atoms with Gasteiger partial charge in [-0.1, -0.05) is 17.7 Å². The van der Waals surface area contributed by atoms with Gasteiger partial charge >= 0.3 is 0 Å². The summed E-state index contributed by atoms with van der Waals surface area (Å²) in [6.07, 6.45) is 0. The molecule has 0 N–H and O–H groups in total. The van der Waals surface area contributed by atoms with Crippen molar-refractivity contribution in [2.75, 3.05) is 6.61 Å². The minimum atomic E-state index is -0.555. The molecule has 0 aromatic heterocycles. The average Bonchev–Trinajstić information content (AvgIpc) is 2.74. The zero-order valence-corrected chi connectivity index (χ0v) is 15.2. The number of rotatable bonds is 5. The molecule has 0 aliphatic rings. The van der Waals surface area contributed by atoms with E-state index in [2.05, 4.69) is 0 Å². The smallest absolute Gasteiger partial charge is 0.200 e. The first kappa shape index (κ1) is 19.1. The molecule has 3 rings (SSSR count). The molecule has 0 fully saturated rings. The number of benzene rings is 3. The second-order valence-corrected chi connectivity index (χ2v) is 6.26. The first-order valence-electron chi connectivity index (χ1n) is 8.17. The van der Waals surface area contributed by atoms with Crippen LogP contribution in [0.5, 0.6) is 5.75 Å². The third-order valence-electron chi connectivity index (χ3n) is 4.03. The van der Waals surface area contributed by atoms with Gasteiger partial charge in [0.2, 0.25) is 0 Å². The van der Waals surface area contributed by atoms with Gasteiger partial charge in [0, 0.05) is 11.1 Å². The quantitative estimate of drug-likeness (QED) is 0.564. The van der Waals surface area contributed by atoms with Crippen LogP contribution in [0.1, 0.15) is 21.5 Å². The van der Waals surface area contributed by atoms with Gasteiger partial charge in [0.25, 0.3) is 0 Å². The van der Waals surface area contributed by atoms with Gasteiger partial charge in [0.05, 0.1) is 28.3 Å². The molecule has 0 bridgehead atoms. The normalized spacial score (nSPS) is 10.0. The van der Waals surface area contributed by atoms with Crippen molar-refractivity contribution < 1.29 is 13.9 Å². The van der Waals surface area contributed by atoms with Crippen molar-refractivity contribution >= 4 is 17.4 Å². The van der Waals surface area contributed by atoms with Crippen LogP contribution in [0.3, 0.4) is 0 Å². The number of ether oxygens (including phenoxy) is 1. The standard InChI is InChI=1S/C22H12ClFN2O2/c23-19-10-17(6-7-20(19)24)18-9-15(12-26)3-8-22(18)28-13-21(27)16-4-1-14(11-25)2-5-16/h1-10H,13H2. The Labute approximate surface area is 166 Å². The van der Waals surface area contributed by atoms with Crippen molar-refractivity contribution in [3.63, 3.8) is 0 Å². The van der Waals surface area contributed by atoms with Gasteiger partial charge < -0.3 is 4.74 Å². The lowest BCUT2D eigenvalue weighted by atomic mass is 10.0. The van der Waals surface area contributed by atoms with E-state index in [1.54, 1.807) is 42.5 Å². The highest BCUT2D eigenvalue weighted by Crippen LogP contribution is 2.33. The summed E-state index contributed by atoms with van der Waals surface area (Å²) in [7, 11) is 0. The summed E-state index contributed by atoms with van der Waals surface area (Å²) in [6, 6.07) is 19.2. The number of halogens is 2. The molecular weight excluding hydrogens is 379 g/mol. The summed E-state index contributed by atoms with van der Waals surface area (Å²) in [5.41, 5.74) is 2.35. The second kappa shape index (κ2) is 8.35. The number of nitrogens with zero attached hydrogens (tertiary/aromatic N) is 2. The lowest BCUT2D eigenvalue weighted by Gasteiger charge is -2.12. The Morgan fingerprint density at radius 1 is 0.964 bits per heavy atom. The van der Waals surface area contributed by atoms with Gasteiger partial charge in [-0.2, -0.15) is 10.5 Å². The summed E-state index contributed by atoms with van der Waals surface area (Å²) in [4.78, 5) is 12.4. The Hall–Kier alpha value is -3.67. The molecule has 0 amide bonds. The molecule has 0 saturated heterocycles. The van der Waals surface area contributed by atoms with Gasteiger partial charge in [0.1, 0.15) is 11.6 Å². The fourth-order valence-corrected chi connectivity index (χ4v) is 2.75. The van der Waals surface area contributed by atoms with Crippen LogP contribution < -0.4 is 4.74 Å². The van der Waals surface area contributed by atoms with Crippen LogP contribution in [0.25, 0.3) is 11.1 Å². The molecule has 3 aromatic rings. The van der Waals surface area contributed by atoms with Crippen LogP contribution in [0.2, 0.25) is 5.02 Å². The zero-order valence-electron chi connectivity index (χ0n) is 14.4. The molecule has 0 heterocycles. The van der Waals surface area contributed by atoms with Crippen LogP contribution >= 0.6 is 11.6 Å². The predicted molar refractivity (Wildman–Crippen MR) is 103 cm³/mol. The summed E-state index contributed by atoms with van der Waals surface area (Å²) in [5.74, 6) is -0.457. The number of ketones is 1. The van der Waals surface area contributed by atoms with E-state index in [0.29, 0.717) is 33.6 Å². The number of nitriles is 2. The zero-order chi connectivity index (χ0) is 20.1. The molecule has 0 spiro atoms. The van der Waals surface area contributed by atoms with Crippen molar-refractivity contribution in [3.8, 4) is 29.0 Å². The number of hydrogen-bond donors (Lipinski definition) is 0. The van der Waals surface area contributed by atoms with Crippen molar-refractivity contribution in [1.29, 1.82) is 10.5 Å². The third-order valence-corrected chi connectivity index (χ3v) is 4.32. The molecule has 28 heavy (non-hydrogen) atoms. The summed E-state index contributed by atoms with van der Waals surface area (Å²) < 4.78 is 19.1. The lowest BCUT2D eigenvalue weighted by molar-refractivity contribution is 0.0922. The van der Waals surface area contributed by atoms with E-state index in [0.717, 1.165) is 0 Å². The largest absolute Gasteiger partial charge is 0.485 e. The molecule has 0 radical (unpaired) electrons. The molecule has 6 heteroatoms.